The first-order valence-electron chi connectivity index (χ1n) is 21.7. The van der Waals surface area contributed by atoms with E-state index in [1.165, 1.54) is 4.90 Å². The molecule has 2 heterocycles. The lowest BCUT2D eigenvalue weighted by atomic mass is 10.3. The van der Waals surface area contributed by atoms with E-state index in [1.54, 1.807) is 13.8 Å². The van der Waals surface area contributed by atoms with Crippen molar-refractivity contribution in [3.05, 3.63) is 24.3 Å². The van der Waals surface area contributed by atoms with Crippen LogP contribution < -0.4 is 0 Å². The zero-order valence-electron chi connectivity index (χ0n) is 41.1. The van der Waals surface area contributed by atoms with Crippen LogP contribution in [0.5, 0.6) is 0 Å². The number of esters is 2. The summed E-state index contributed by atoms with van der Waals surface area (Å²) in [6, 6.07) is 1.80. The molecule has 0 aromatic rings. The molecule has 1 amide bonds. The van der Waals surface area contributed by atoms with Crippen molar-refractivity contribution >= 4 is 74.5 Å². The zero-order chi connectivity index (χ0) is 47.6. The molecule has 2 unspecified atom stereocenters. The lowest BCUT2D eigenvalue weighted by molar-refractivity contribution is -0.139. The fraction of sp³-hybridized carbons (Fsp3) is 0.800. The third-order valence-corrected chi connectivity index (χ3v) is 27.2. The Morgan fingerprint density at radius 1 is 0.645 bits per heavy atom. The van der Waals surface area contributed by atoms with Gasteiger partial charge in [-0.3, -0.25) is 0 Å². The largest absolute Gasteiger partial charge is 0.460 e. The summed E-state index contributed by atoms with van der Waals surface area (Å²) in [5, 5.41) is 0. The molecule has 2 aliphatic rings. The van der Waals surface area contributed by atoms with Crippen molar-refractivity contribution in [1.82, 2.24) is 4.90 Å². The Hall–Kier alpha value is -1.98. The van der Waals surface area contributed by atoms with Crippen molar-refractivity contribution < 1.29 is 64.0 Å². The second kappa shape index (κ2) is 26.2. The molecular weight excluding hydrogens is 901 g/mol. The van der Waals surface area contributed by atoms with E-state index in [9.17, 15) is 14.4 Å². The predicted octanol–water partition coefficient (Wildman–Crippen LogP) is 8.17. The number of hydrogen-bond donors (Lipinski definition) is 0. The van der Waals surface area contributed by atoms with E-state index in [1.807, 2.05) is 0 Å². The number of carbonyl (C=O) groups excluding carboxylic acids is 3. The van der Waals surface area contributed by atoms with Gasteiger partial charge in [-0.1, -0.05) is 13.2 Å². The molecule has 0 aromatic heterocycles. The second-order valence-electron chi connectivity index (χ2n) is 20.0. The van der Waals surface area contributed by atoms with Gasteiger partial charge in [0.15, 0.2) is 39.4 Å². The Kier molecular flexibility index (Phi) is 24.6. The van der Waals surface area contributed by atoms with Crippen LogP contribution in [0.4, 0.5) is 4.79 Å². The van der Waals surface area contributed by atoms with Crippen LogP contribution in [0, 0.1) is 0 Å². The highest BCUT2D eigenvalue weighted by Gasteiger charge is 2.41. The first-order valence-corrected chi connectivity index (χ1v) is 40.4. The van der Waals surface area contributed by atoms with Crippen LogP contribution in [0.25, 0.3) is 0 Å². The van der Waals surface area contributed by atoms with Gasteiger partial charge in [-0.2, -0.15) is 0 Å². The first-order chi connectivity index (χ1) is 28.3. The van der Waals surface area contributed by atoms with Crippen molar-refractivity contribution in [2.24, 2.45) is 4.99 Å². The second-order valence-corrected chi connectivity index (χ2v) is 45.7. The molecule has 0 spiro atoms. The van der Waals surface area contributed by atoms with Crippen LogP contribution in [0.2, 0.25) is 104 Å². The standard InChI is InChI=1S/2C20H41NO7Si3/c1-17(2)19(22)24-13-11-21-20-25-16-18(26-20)15-23-12-10-14-31(9,27-29(3,4)5)28-30(6,7)8;1-17(2)19(22)25-13-11-21-15-18(26-20(21)23)16-24-12-10-14-31(9,27-29(3,4)5)28-30(6,7)8/h2*18H,1,10-16H2,2-9H3. The average molecular weight is 984 g/mol. The fourth-order valence-corrected chi connectivity index (χ4v) is 31.4. The maximum Gasteiger partial charge on any atom is 0.410 e. The molecular formula is C40H82N2O14Si6. The number of amides is 1. The quantitative estimate of drug-likeness (QED) is 0.0242. The summed E-state index contributed by atoms with van der Waals surface area (Å²) < 4.78 is 63.9. The van der Waals surface area contributed by atoms with Gasteiger partial charge in [0.1, 0.15) is 25.9 Å². The van der Waals surface area contributed by atoms with Crippen molar-refractivity contribution in [3.63, 3.8) is 0 Å². The monoisotopic (exact) mass is 982 g/mol. The molecule has 0 N–H and O–H groups in total. The minimum absolute atomic E-state index is 0.117. The number of carbonyl (C=O) groups is 3. The lowest BCUT2D eigenvalue weighted by Crippen LogP contribution is -2.52. The molecule has 360 valence electrons. The number of nitrogens with zero attached hydrogens (tertiary/aromatic N) is 2. The highest BCUT2D eigenvalue weighted by Crippen LogP contribution is 2.27. The third-order valence-electron chi connectivity index (χ3n) is 8.00. The summed E-state index contributed by atoms with van der Waals surface area (Å²) in [7, 11) is -11.2. The van der Waals surface area contributed by atoms with Crippen molar-refractivity contribution in [2.45, 2.75) is 143 Å². The summed E-state index contributed by atoms with van der Waals surface area (Å²) in [6.45, 7) is 44.7. The van der Waals surface area contributed by atoms with Crippen molar-refractivity contribution in [3.8, 4) is 0 Å². The molecule has 0 aliphatic carbocycles. The summed E-state index contributed by atoms with van der Waals surface area (Å²) in [5.74, 6) is -0.886. The van der Waals surface area contributed by atoms with E-state index >= 15 is 0 Å². The lowest BCUT2D eigenvalue weighted by Gasteiger charge is -2.38. The smallest absolute Gasteiger partial charge is 0.410 e. The van der Waals surface area contributed by atoms with E-state index in [4.69, 9.17) is 49.6 Å². The molecule has 16 nitrogen and oxygen atoms in total. The minimum atomic E-state index is -2.25. The molecule has 2 rings (SSSR count). The van der Waals surface area contributed by atoms with Gasteiger partial charge in [-0.15, -0.1) is 0 Å². The Balaban J connectivity index is 0.000000620. The molecule has 2 saturated heterocycles. The van der Waals surface area contributed by atoms with Crippen LogP contribution in [0.1, 0.15) is 26.7 Å². The third kappa shape index (κ3) is 28.0. The normalized spacial score (nSPS) is 18.1. The topological polar surface area (TPSA) is 168 Å². The van der Waals surface area contributed by atoms with Crippen LogP contribution in [0.3, 0.4) is 0 Å². The van der Waals surface area contributed by atoms with Gasteiger partial charge in [0.25, 0.3) is 0 Å². The van der Waals surface area contributed by atoms with Crippen LogP contribution in [-0.2, 0) is 59.2 Å². The Morgan fingerprint density at radius 3 is 1.48 bits per heavy atom. The molecule has 0 aromatic carbocycles. The van der Waals surface area contributed by atoms with E-state index in [-0.39, 0.29) is 38.1 Å². The molecule has 2 aliphatic heterocycles. The molecule has 22 heteroatoms. The summed E-state index contributed by atoms with van der Waals surface area (Å²) >= 11 is 0. The Bertz CT molecular complexity index is 1440. The van der Waals surface area contributed by atoms with Crippen LogP contribution >= 0.6 is 0 Å². The Labute approximate surface area is 379 Å². The summed E-state index contributed by atoms with van der Waals surface area (Å²) in [4.78, 5) is 40.3. The number of ether oxygens (including phenoxy) is 7. The van der Waals surface area contributed by atoms with Gasteiger partial charge in [0, 0.05) is 24.4 Å². The minimum Gasteiger partial charge on any atom is -0.460 e. The van der Waals surface area contributed by atoms with Crippen molar-refractivity contribution in [2.75, 3.05) is 65.9 Å². The molecule has 0 bridgehead atoms. The number of cyclic esters (lactones) is 1. The molecule has 2 fully saturated rings. The van der Waals surface area contributed by atoms with Gasteiger partial charge in [-0.05, 0) is 130 Å². The van der Waals surface area contributed by atoms with Gasteiger partial charge >= 0.3 is 41.2 Å². The predicted molar refractivity (Wildman–Crippen MR) is 258 cm³/mol. The van der Waals surface area contributed by atoms with Crippen LogP contribution in [-0.4, -0.2) is 157 Å². The van der Waals surface area contributed by atoms with E-state index < -0.39 is 68.4 Å². The molecule has 62 heavy (non-hydrogen) atoms. The van der Waals surface area contributed by atoms with Crippen molar-refractivity contribution in [1.29, 1.82) is 0 Å². The maximum atomic E-state index is 12.0. The summed E-state index contributed by atoms with van der Waals surface area (Å²) in [6.07, 6.45) is 1.04. The SMILES string of the molecule is C=C(C)C(=O)OCCN1CC(COCCC[Si](C)(O[Si](C)(C)C)O[Si](C)(C)C)OC1=O.C=C(C)C(=O)OCCN=C1OCC(COCCC[Si](C)(O[Si](C)(C)C)O[Si](C)(C)C)O1. The van der Waals surface area contributed by atoms with E-state index in [0.29, 0.717) is 57.3 Å². The average Bonchev–Trinajstić information content (AvgIpc) is 3.68. The summed E-state index contributed by atoms with van der Waals surface area (Å²) in [5.41, 5.74) is 0.695. The number of rotatable bonds is 28. The van der Waals surface area contributed by atoms with Crippen LogP contribution in [0.15, 0.2) is 29.3 Å². The number of hydrogen-bond acceptors (Lipinski definition) is 15. The molecule has 0 radical (unpaired) electrons. The maximum absolute atomic E-state index is 12.0. The van der Waals surface area contributed by atoms with E-state index in [2.05, 4.69) is 110 Å². The van der Waals surface area contributed by atoms with Gasteiger partial charge < -0.3 is 54.5 Å². The molecule has 0 saturated carbocycles. The highest BCUT2D eigenvalue weighted by atomic mass is 28.5. The van der Waals surface area contributed by atoms with Gasteiger partial charge in [0.05, 0.1) is 32.8 Å². The highest BCUT2D eigenvalue weighted by molar-refractivity contribution is 6.88. The molecule has 2 atom stereocenters. The van der Waals surface area contributed by atoms with Gasteiger partial charge in [-0.25, -0.2) is 19.4 Å². The number of aliphatic imine (C=N–C) groups is 1. The fourth-order valence-electron chi connectivity index (χ4n) is 6.41. The zero-order valence-corrected chi connectivity index (χ0v) is 47.1. The van der Waals surface area contributed by atoms with E-state index in [0.717, 1.165) is 24.9 Å². The first kappa shape index (κ1) is 58.0. The van der Waals surface area contributed by atoms with Gasteiger partial charge in [0.2, 0.25) is 0 Å². The Morgan fingerprint density at radius 2 is 1.06 bits per heavy atom.